The van der Waals surface area contributed by atoms with Crippen molar-refractivity contribution in [1.82, 2.24) is 14.2 Å². The maximum atomic E-state index is 13.2. The van der Waals surface area contributed by atoms with Crippen LogP contribution in [0.4, 0.5) is 5.69 Å². The molecule has 166 valence electrons. The predicted octanol–water partition coefficient (Wildman–Crippen LogP) is 2.86. The number of carbonyl (C=O) groups is 1. The fourth-order valence-corrected chi connectivity index (χ4v) is 6.29. The number of hydrogen-bond acceptors (Lipinski definition) is 5. The number of carbonyl (C=O) groups excluding carboxylic acids is 1. The summed E-state index contributed by atoms with van der Waals surface area (Å²) in [5.74, 6) is -0.261. The highest BCUT2D eigenvalue weighted by Crippen LogP contribution is 2.31. The van der Waals surface area contributed by atoms with Gasteiger partial charge in [0, 0.05) is 73.1 Å². The molecule has 2 aromatic carbocycles. The lowest BCUT2D eigenvalue weighted by Crippen LogP contribution is -2.59. The molecule has 3 heterocycles. The second-order valence-electron chi connectivity index (χ2n) is 8.16. The quantitative estimate of drug-likeness (QED) is 0.586. The number of fused-ring (bicyclic) bond motifs is 1. The van der Waals surface area contributed by atoms with E-state index in [0.717, 1.165) is 24.2 Å². The Labute approximate surface area is 192 Å². The van der Waals surface area contributed by atoms with Gasteiger partial charge in [0.2, 0.25) is 15.9 Å². The maximum Gasteiger partial charge on any atom is 0.243 e. The number of halogens is 1. The highest BCUT2D eigenvalue weighted by atomic mass is 35.5. The molecule has 0 saturated carbocycles. The van der Waals surface area contributed by atoms with Gasteiger partial charge in [-0.1, -0.05) is 29.8 Å². The van der Waals surface area contributed by atoms with Crippen LogP contribution in [0.1, 0.15) is 0 Å². The lowest BCUT2D eigenvalue weighted by atomic mass is 10.0. The summed E-state index contributed by atoms with van der Waals surface area (Å²) in [6.07, 6.45) is 3.24. The predicted molar refractivity (Wildman–Crippen MR) is 124 cm³/mol. The molecular weight excluding hydrogens is 448 g/mol. The van der Waals surface area contributed by atoms with Crippen molar-refractivity contribution < 1.29 is 13.2 Å². The summed E-state index contributed by atoms with van der Waals surface area (Å²) in [4.78, 5) is 21.3. The van der Waals surface area contributed by atoms with E-state index in [1.54, 1.807) is 30.6 Å². The number of anilines is 1. The Morgan fingerprint density at radius 3 is 2.50 bits per heavy atom. The van der Waals surface area contributed by atoms with Crippen LogP contribution in [-0.2, 0) is 14.8 Å². The number of benzene rings is 2. The molecule has 0 atom stereocenters. The SMILES string of the molecule is O=C(C1CN(S(=O)(=O)c2cccc3cnccc23)C1)N1CCN(c2cccc(Cl)c2)CC1. The first-order chi connectivity index (χ1) is 15.4. The standard InChI is InChI=1S/C23H23ClN4O3S/c24-19-4-2-5-20(13-19)26-9-11-27(12-10-26)23(29)18-15-28(16-18)32(30,31)22-6-1-3-17-14-25-8-7-21(17)22/h1-8,13-14,18H,9-12,15-16H2. The summed E-state index contributed by atoms with van der Waals surface area (Å²) in [6, 6.07) is 14.6. The number of pyridine rings is 1. The summed E-state index contributed by atoms with van der Waals surface area (Å²) in [5, 5.41) is 2.12. The van der Waals surface area contributed by atoms with Crippen molar-refractivity contribution in [1.29, 1.82) is 0 Å². The van der Waals surface area contributed by atoms with Crippen molar-refractivity contribution >= 4 is 44.0 Å². The smallest absolute Gasteiger partial charge is 0.243 e. The largest absolute Gasteiger partial charge is 0.368 e. The molecule has 0 aliphatic carbocycles. The van der Waals surface area contributed by atoms with Crippen molar-refractivity contribution in [2.45, 2.75) is 4.90 Å². The van der Waals surface area contributed by atoms with Gasteiger partial charge in [0.25, 0.3) is 0 Å². The van der Waals surface area contributed by atoms with Crippen molar-refractivity contribution in [2.75, 3.05) is 44.2 Å². The van der Waals surface area contributed by atoms with Gasteiger partial charge in [-0.2, -0.15) is 4.31 Å². The lowest BCUT2D eigenvalue weighted by Gasteiger charge is -2.42. The van der Waals surface area contributed by atoms with Crippen LogP contribution in [0.25, 0.3) is 10.8 Å². The van der Waals surface area contributed by atoms with Crippen molar-refractivity contribution in [3.05, 3.63) is 65.9 Å². The van der Waals surface area contributed by atoms with Gasteiger partial charge in [0.15, 0.2) is 0 Å². The molecule has 0 N–H and O–H groups in total. The molecule has 2 aliphatic heterocycles. The number of amides is 1. The van der Waals surface area contributed by atoms with Crippen LogP contribution in [-0.4, -0.2) is 67.8 Å². The molecule has 5 rings (SSSR count). The highest BCUT2D eigenvalue weighted by Gasteiger charge is 2.42. The van der Waals surface area contributed by atoms with Crippen LogP contribution >= 0.6 is 11.6 Å². The molecule has 32 heavy (non-hydrogen) atoms. The van der Waals surface area contributed by atoms with Gasteiger partial charge in [-0.3, -0.25) is 9.78 Å². The zero-order chi connectivity index (χ0) is 22.3. The van der Waals surface area contributed by atoms with E-state index < -0.39 is 10.0 Å². The minimum absolute atomic E-state index is 0.0318. The van der Waals surface area contributed by atoms with Crippen LogP contribution in [0.2, 0.25) is 5.02 Å². The summed E-state index contributed by atoms with van der Waals surface area (Å²) in [6.45, 7) is 3.12. The molecular formula is C23H23ClN4O3S. The number of piperazine rings is 1. The Hall–Kier alpha value is -2.68. The van der Waals surface area contributed by atoms with Crippen molar-refractivity contribution in [3.63, 3.8) is 0 Å². The van der Waals surface area contributed by atoms with Crippen molar-refractivity contribution in [2.24, 2.45) is 5.92 Å². The first-order valence-corrected chi connectivity index (χ1v) is 12.4. The molecule has 9 heteroatoms. The van der Waals surface area contributed by atoms with Gasteiger partial charge in [-0.05, 0) is 30.3 Å². The second-order valence-corrected chi connectivity index (χ2v) is 10.5. The average Bonchev–Trinajstić information content (AvgIpc) is 2.77. The third kappa shape index (κ3) is 3.83. The zero-order valence-corrected chi connectivity index (χ0v) is 19.0. The lowest BCUT2D eigenvalue weighted by molar-refractivity contribution is -0.139. The van der Waals surface area contributed by atoms with E-state index in [1.165, 1.54) is 4.31 Å². The summed E-state index contributed by atoms with van der Waals surface area (Å²) < 4.78 is 27.7. The van der Waals surface area contributed by atoms with Crippen LogP contribution in [0.15, 0.2) is 65.8 Å². The molecule has 1 aromatic heterocycles. The minimum Gasteiger partial charge on any atom is -0.368 e. The Morgan fingerprint density at radius 2 is 1.75 bits per heavy atom. The summed E-state index contributed by atoms with van der Waals surface area (Å²) in [7, 11) is -3.66. The minimum atomic E-state index is -3.66. The number of aromatic nitrogens is 1. The van der Waals surface area contributed by atoms with Gasteiger partial charge < -0.3 is 9.80 Å². The molecule has 0 bridgehead atoms. The third-order valence-electron chi connectivity index (χ3n) is 6.22. The van der Waals surface area contributed by atoms with Gasteiger partial charge in [0.1, 0.15) is 0 Å². The van der Waals surface area contributed by atoms with E-state index in [-0.39, 0.29) is 29.8 Å². The maximum absolute atomic E-state index is 13.2. The molecule has 2 aliphatic rings. The molecule has 0 radical (unpaired) electrons. The first kappa shape index (κ1) is 21.2. The molecule has 0 spiro atoms. The topological polar surface area (TPSA) is 73.8 Å². The molecule has 3 aromatic rings. The molecule has 1 amide bonds. The van der Waals surface area contributed by atoms with E-state index >= 15 is 0 Å². The number of sulfonamides is 1. The monoisotopic (exact) mass is 470 g/mol. The number of hydrogen-bond donors (Lipinski definition) is 0. The van der Waals surface area contributed by atoms with Crippen molar-refractivity contribution in [3.8, 4) is 0 Å². The van der Waals surface area contributed by atoms with Gasteiger partial charge in [-0.15, -0.1) is 0 Å². The molecule has 0 unspecified atom stereocenters. The molecule has 2 saturated heterocycles. The summed E-state index contributed by atoms with van der Waals surface area (Å²) in [5.41, 5.74) is 1.05. The fourth-order valence-electron chi connectivity index (χ4n) is 4.36. The van der Waals surface area contributed by atoms with E-state index in [2.05, 4.69) is 9.88 Å². The van der Waals surface area contributed by atoms with Crippen LogP contribution < -0.4 is 4.90 Å². The number of nitrogens with zero attached hydrogens (tertiary/aromatic N) is 4. The Kier molecular flexibility index (Phi) is 5.53. The molecule has 7 nitrogen and oxygen atoms in total. The Bertz CT molecular complexity index is 1260. The van der Waals surface area contributed by atoms with Crippen LogP contribution in [0.3, 0.4) is 0 Å². The van der Waals surface area contributed by atoms with Crippen LogP contribution in [0.5, 0.6) is 0 Å². The van der Waals surface area contributed by atoms with E-state index in [4.69, 9.17) is 11.6 Å². The molecule has 2 fully saturated rings. The van der Waals surface area contributed by atoms with E-state index in [0.29, 0.717) is 23.5 Å². The van der Waals surface area contributed by atoms with E-state index in [9.17, 15) is 13.2 Å². The first-order valence-electron chi connectivity index (χ1n) is 10.6. The van der Waals surface area contributed by atoms with Crippen LogP contribution in [0, 0.1) is 5.92 Å². The summed E-state index contributed by atoms with van der Waals surface area (Å²) >= 11 is 6.09. The number of rotatable bonds is 4. The van der Waals surface area contributed by atoms with Gasteiger partial charge >= 0.3 is 0 Å². The zero-order valence-electron chi connectivity index (χ0n) is 17.4. The van der Waals surface area contributed by atoms with E-state index in [1.807, 2.05) is 35.2 Å². The van der Waals surface area contributed by atoms with Gasteiger partial charge in [0.05, 0.1) is 10.8 Å². The van der Waals surface area contributed by atoms with Gasteiger partial charge in [-0.25, -0.2) is 8.42 Å². The Balaban J connectivity index is 1.21. The fraction of sp³-hybridized carbons (Fsp3) is 0.304. The average molecular weight is 471 g/mol. The highest BCUT2D eigenvalue weighted by molar-refractivity contribution is 7.89. The Morgan fingerprint density at radius 1 is 1.00 bits per heavy atom. The normalized spacial score (nSPS) is 18.0. The third-order valence-corrected chi connectivity index (χ3v) is 8.35. The second kappa shape index (κ2) is 8.35.